The topological polar surface area (TPSA) is 0 Å². The van der Waals surface area contributed by atoms with Crippen LogP contribution in [0.2, 0.25) is 0 Å². The molecule has 2 aliphatic rings. The quantitative estimate of drug-likeness (QED) is 0.119. The van der Waals surface area contributed by atoms with E-state index in [0.717, 1.165) is 6.42 Å². The molecule has 0 aliphatic heterocycles. The van der Waals surface area contributed by atoms with Crippen LogP contribution in [-0.4, -0.2) is 8.07 Å². The molecule has 0 radical (unpaired) electrons. The number of allylic oxidation sites excluding steroid dienone is 5. The average molecular weight is 653 g/mol. The summed E-state index contributed by atoms with van der Waals surface area (Å²) in [5, 5.41) is 5.55. The summed E-state index contributed by atoms with van der Waals surface area (Å²) in [4.78, 5) is 0. The summed E-state index contributed by atoms with van der Waals surface area (Å²) >= 11 is 0. The van der Waals surface area contributed by atoms with Crippen molar-refractivity contribution in [3.63, 3.8) is 0 Å². The van der Waals surface area contributed by atoms with E-state index in [1.165, 1.54) is 76.4 Å². The van der Waals surface area contributed by atoms with Gasteiger partial charge in [0.25, 0.3) is 0 Å². The van der Waals surface area contributed by atoms with Crippen molar-refractivity contribution < 1.29 is 0 Å². The molecule has 7 aromatic carbocycles. The van der Waals surface area contributed by atoms with Crippen molar-refractivity contribution in [2.75, 3.05) is 0 Å². The molecule has 236 valence electrons. The van der Waals surface area contributed by atoms with Gasteiger partial charge in [-0.05, 0) is 95.0 Å². The van der Waals surface area contributed by atoms with Crippen LogP contribution in [0.4, 0.5) is 0 Å². The first-order chi connectivity index (χ1) is 24.8. The van der Waals surface area contributed by atoms with Gasteiger partial charge in [0.05, 0.1) is 0 Å². The molecule has 50 heavy (non-hydrogen) atoms. The van der Waals surface area contributed by atoms with Crippen LogP contribution >= 0.6 is 0 Å². The lowest BCUT2D eigenvalue weighted by Gasteiger charge is -2.36. The Morgan fingerprint density at radius 3 is 1.50 bits per heavy atom. The lowest BCUT2D eigenvalue weighted by Crippen LogP contribution is -2.75. The molecule has 0 spiro atoms. The van der Waals surface area contributed by atoms with E-state index in [2.05, 4.69) is 206 Å². The molecule has 0 atom stereocenters. The molecular weight excluding hydrogens is 617 g/mol. The SMILES string of the molecule is C1=CC(/C=C2/c3ccccc3-c3c2cccc3[Si](c2ccccc2)(c2ccccc2)c2cc(-c3ccccc3)cc(-c3ccccc3)c2)=CC1. The van der Waals surface area contributed by atoms with Crippen LogP contribution in [0.25, 0.3) is 39.0 Å². The van der Waals surface area contributed by atoms with Crippen LogP contribution in [0.5, 0.6) is 0 Å². The van der Waals surface area contributed by atoms with Crippen molar-refractivity contribution >= 4 is 34.4 Å². The van der Waals surface area contributed by atoms with E-state index in [4.69, 9.17) is 0 Å². The van der Waals surface area contributed by atoms with E-state index in [1.807, 2.05) is 0 Å². The summed E-state index contributed by atoms with van der Waals surface area (Å²) in [6.07, 6.45) is 10.2. The molecule has 9 rings (SSSR count). The second-order valence-corrected chi connectivity index (χ2v) is 17.0. The van der Waals surface area contributed by atoms with Gasteiger partial charge in [0.15, 0.2) is 8.07 Å². The second-order valence-electron chi connectivity index (χ2n) is 13.2. The molecule has 7 aromatic rings. The predicted octanol–water partition coefficient (Wildman–Crippen LogP) is 9.70. The summed E-state index contributed by atoms with van der Waals surface area (Å²) in [5.41, 5.74) is 12.8. The maximum atomic E-state index is 2.50. The van der Waals surface area contributed by atoms with E-state index in [1.54, 1.807) is 0 Å². The fourth-order valence-electron chi connectivity index (χ4n) is 8.15. The standard InChI is InChI=1S/C49H36Si/c1-5-20-37(21-6-1)39-33-40(38-22-7-2-8-23-38)35-43(34-39)50(41-24-9-3-10-25-41,42-26-11-4-12-27-42)48-31-17-30-46-47(32-36-18-13-14-19-36)44-28-15-16-29-45(44)49(46)48/h1-13,15-35H,14H2/b47-32-. The summed E-state index contributed by atoms with van der Waals surface area (Å²) in [6, 6.07) is 67.9. The van der Waals surface area contributed by atoms with E-state index < -0.39 is 8.07 Å². The van der Waals surface area contributed by atoms with Crippen molar-refractivity contribution in [2.45, 2.75) is 6.42 Å². The third kappa shape index (κ3) is 5.06. The number of rotatable bonds is 7. The molecule has 1 heteroatoms. The number of hydrogen-bond donors (Lipinski definition) is 0. The molecule has 0 nitrogen and oxygen atoms in total. The Balaban J connectivity index is 1.43. The Morgan fingerprint density at radius 1 is 0.420 bits per heavy atom. The highest BCUT2D eigenvalue weighted by Gasteiger charge is 2.45. The minimum absolute atomic E-state index is 0.993. The lowest BCUT2D eigenvalue weighted by molar-refractivity contribution is 1.44. The van der Waals surface area contributed by atoms with Gasteiger partial charge in [0, 0.05) is 0 Å². The molecule has 0 saturated heterocycles. The molecule has 0 fully saturated rings. The fraction of sp³-hybridized carbons (Fsp3) is 0.0204. The first-order valence-electron chi connectivity index (χ1n) is 17.5. The van der Waals surface area contributed by atoms with Crippen molar-refractivity contribution in [1.29, 1.82) is 0 Å². The van der Waals surface area contributed by atoms with Crippen LogP contribution in [0.15, 0.2) is 212 Å². The van der Waals surface area contributed by atoms with Gasteiger partial charge in [0.1, 0.15) is 0 Å². The smallest absolute Gasteiger partial charge is 0.0801 e. The van der Waals surface area contributed by atoms with Gasteiger partial charge in [-0.2, -0.15) is 0 Å². The number of hydrogen-bond acceptors (Lipinski definition) is 0. The van der Waals surface area contributed by atoms with Gasteiger partial charge in [-0.1, -0.05) is 194 Å². The normalized spacial score (nSPS) is 14.0. The molecule has 0 saturated carbocycles. The minimum atomic E-state index is -2.98. The predicted molar refractivity (Wildman–Crippen MR) is 215 cm³/mol. The van der Waals surface area contributed by atoms with Crippen LogP contribution < -0.4 is 20.7 Å². The third-order valence-electron chi connectivity index (χ3n) is 10.4. The molecule has 0 bridgehead atoms. The molecule has 0 heterocycles. The largest absolute Gasteiger partial charge is 0.180 e. The van der Waals surface area contributed by atoms with Crippen LogP contribution in [0.1, 0.15) is 17.5 Å². The third-order valence-corrected chi connectivity index (χ3v) is 15.1. The Morgan fingerprint density at radius 2 is 0.940 bits per heavy atom. The molecule has 0 amide bonds. The summed E-state index contributed by atoms with van der Waals surface area (Å²) in [7, 11) is -2.98. The highest BCUT2D eigenvalue weighted by atomic mass is 28.3. The summed E-state index contributed by atoms with van der Waals surface area (Å²) in [5.74, 6) is 0. The second kappa shape index (κ2) is 12.8. The number of benzene rings is 7. The van der Waals surface area contributed by atoms with Crippen molar-refractivity contribution in [2.24, 2.45) is 0 Å². The maximum Gasteiger partial charge on any atom is 0.180 e. The zero-order valence-corrected chi connectivity index (χ0v) is 28.8. The van der Waals surface area contributed by atoms with E-state index >= 15 is 0 Å². The van der Waals surface area contributed by atoms with Gasteiger partial charge in [0.2, 0.25) is 0 Å². The lowest BCUT2D eigenvalue weighted by atomic mass is 9.99. The Bertz CT molecular complexity index is 2320. The Hall–Kier alpha value is -6.02. The highest BCUT2D eigenvalue weighted by Crippen LogP contribution is 2.45. The molecule has 2 aliphatic carbocycles. The van der Waals surface area contributed by atoms with Crippen molar-refractivity contribution in [3.05, 3.63) is 223 Å². The minimum Gasteiger partial charge on any atom is -0.0801 e. The average Bonchev–Trinajstić information content (AvgIpc) is 3.83. The summed E-state index contributed by atoms with van der Waals surface area (Å²) < 4.78 is 0. The van der Waals surface area contributed by atoms with Crippen LogP contribution in [0.3, 0.4) is 0 Å². The Labute approximate surface area is 296 Å². The molecular formula is C49H36Si. The first kappa shape index (κ1) is 30.1. The molecule has 0 aromatic heterocycles. The van der Waals surface area contributed by atoms with E-state index in [9.17, 15) is 0 Å². The van der Waals surface area contributed by atoms with Crippen LogP contribution in [0, 0.1) is 0 Å². The van der Waals surface area contributed by atoms with Crippen LogP contribution in [-0.2, 0) is 0 Å². The zero-order valence-electron chi connectivity index (χ0n) is 27.8. The summed E-state index contributed by atoms with van der Waals surface area (Å²) in [6.45, 7) is 0. The Kier molecular flexibility index (Phi) is 7.68. The van der Waals surface area contributed by atoms with Gasteiger partial charge < -0.3 is 0 Å². The maximum absolute atomic E-state index is 2.98. The monoisotopic (exact) mass is 652 g/mol. The molecule has 0 unspecified atom stereocenters. The van der Waals surface area contributed by atoms with Gasteiger partial charge in [-0.15, -0.1) is 0 Å². The van der Waals surface area contributed by atoms with E-state index in [-0.39, 0.29) is 0 Å². The zero-order chi connectivity index (χ0) is 33.3. The number of fused-ring (bicyclic) bond motifs is 3. The van der Waals surface area contributed by atoms with Gasteiger partial charge >= 0.3 is 0 Å². The fourth-order valence-corrected chi connectivity index (χ4v) is 13.2. The van der Waals surface area contributed by atoms with Gasteiger partial charge in [-0.3, -0.25) is 0 Å². The van der Waals surface area contributed by atoms with Crippen molar-refractivity contribution in [3.8, 4) is 33.4 Å². The first-order valence-corrected chi connectivity index (χ1v) is 19.5. The highest BCUT2D eigenvalue weighted by molar-refractivity contribution is 7.20. The van der Waals surface area contributed by atoms with Crippen molar-refractivity contribution in [1.82, 2.24) is 0 Å². The van der Waals surface area contributed by atoms with E-state index in [0.29, 0.717) is 0 Å². The van der Waals surface area contributed by atoms with Gasteiger partial charge in [-0.25, -0.2) is 0 Å². The molecule has 0 N–H and O–H groups in total.